The van der Waals surface area contributed by atoms with Crippen molar-refractivity contribution >= 4 is 16.2 Å². The molecule has 0 aromatic carbocycles. The predicted octanol–water partition coefficient (Wildman–Crippen LogP) is 4.42. The molecule has 0 bridgehead atoms. The van der Waals surface area contributed by atoms with Crippen molar-refractivity contribution in [2.24, 2.45) is 40.4 Å². The molecule has 5 nitrogen and oxygen atoms in total. The molecule has 0 aromatic heterocycles. The van der Waals surface area contributed by atoms with Gasteiger partial charge in [-0.3, -0.25) is 9.35 Å². The Kier molecular flexibility index (Phi) is 4.80. The summed E-state index contributed by atoms with van der Waals surface area (Å²) in [4.78, 5) is 12.4. The van der Waals surface area contributed by atoms with Gasteiger partial charge < -0.3 is 0 Å². The van der Waals surface area contributed by atoms with Gasteiger partial charge in [-0.25, -0.2) is 4.18 Å². The van der Waals surface area contributed by atoms with Crippen molar-refractivity contribution in [2.75, 3.05) is 0 Å². The van der Waals surface area contributed by atoms with Gasteiger partial charge in [0.25, 0.3) is 0 Å². The maximum absolute atomic E-state index is 12.4. The van der Waals surface area contributed by atoms with E-state index in [2.05, 4.69) is 20.8 Å². The number of ketones is 1. The van der Waals surface area contributed by atoms with Crippen molar-refractivity contribution in [1.29, 1.82) is 0 Å². The van der Waals surface area contributed by atoms with Crippen molar-refractivity contribution in [3.05, 3.63) is 0 Å². The van der Waals surface area contributed by atoms with Gasteiger partial charge in [0.2, 0.25) is 0 Å². The molecule has 4 rings (SSSR count). The molecular formula is C21H34O5S. The summed E-state index contributed by atoms with van der Waals surface area (Å²) in [6, 6.07) is 0. The molecule has 0 spiro atoms. The lowest BCUT2D eigenvalue weighted by molar-refractivity contribution is -0.153. The Bertz CT molecular complexity index is 718. The van der Waals surface area contributed by atoms with E-state index < -0.39 is 16.5 Å². The van der Waals surface area contributed by atoms with E-state index in [1.54, 1.807) is 0 Å². The predicted molar refractivity (Wildman–Crippen MR) is 102 cm³/mol. The van der Waals surface area contributed by atoms with Crippen molar-refractivity contribution in [3.63, 3.8) is 0 Å². The van der Waals surface area contributed by atoms with Crippen LogP contribution in [-0.2, 0) is 19.4 Å². The Balaban J connectivity index is 1.61. The largest absolute Gasteiger partial charge is 0.398 e. The summed E-state index contributed by atoms with van der Waals surface area (Å²) >= 11 is 0. The maximum Gasteiger partial charge on any atom is 0.398 e. The highest BCUT2D eigenvalue weighted by Gasteiger charge is 2.61. The van der Waals surface area contributed by atoms with Gasteiger partial charge >= 0.3 is 10.4 Å². The van der Waals surface area contributed by atoms with Gasteiger partial charge in [0.15, 0.2) is 5.78 Å². The summed E-state index contributed by atoms with van der Waals surface area (Å²) in [5.41, 5.74) is 0.381. The van der Waals surface area contributed by atoms with Crippen molar-refractivity contribution in [1.82, 2.24) is 0 Å². The van der Waals surface area contributed by atoms with Crippen LogP contribution in [0.5, 0.6) is 0 Å². The third-order valence-electron chi connectivity index (χ3n) is 9.42. The molecular weight excluding hydrogens is 364 g/mol. The minimum atomic E-state index is -4.61. The Morgan fingerprint density at radius 1 is 1.07 bits per heavy atom. The zero-order chi connectivity index (χ0) is 19.6. The van der Waals surface area contributed by atoms with Crippen LogP contribution in [-0.4, -0.2) is 24.9 Å². The lowest BCUT2D eigenvalue weighted by atomic mass is 9.44. The van der Waals surface area contributed by atoms with E-state index in [-0.39, 0.29) is 11.2 Å². The number of carbonyl (C=O) groups is 1. The topological polar surface area (TPSA) is 80.7 Å². The molecule has 0 amide bonds. The van der Waals surface area contributed by atoms with Gasteiger partial charge in [0.1, 0.15) is 6.10 Å². The third kappa shape index (κ3) is 3.10. The average Bonchev–Trinajstić information content (AvgIpc) is 2.91. The zero-order valence-electron chi connectivity index (χ0n) is 16.8. The standard InChI is InChI=1S/C21H34O5S/c1-4-13-6-8-16-15-7-5-14-11-18(22)19(26-27(23,24)25)12-21(14,3)17(15)9-10-20(13,16)2/h13-17,19H,4-12H2,1-3H3,(H,23,24,25)/t13-,14+,15-,16-,17-,19?,20+,21-/m0/s1. The monoisotopic (exact) mass is 398 g/mol. The van der Waals surface area contributed by atoms with E-state index in [1.807, 2.05) is 0 Å². The minimum absolute atomic E-state index is 0.0716. The highest BCUT2D eigenvalue weighted by molar-refractivity contribution is 7.80. The van der Waals surface area contributed by atoms with Crippen molar-refractivity contribution in [2.45, 2.75) is 84.7 Å². The highest BCUT2D eigenvalue weighted by Crippen LogP contribution is 2.67. The summed E-state index contributed by atoms with van der Waals surface area (Å²) in [5.74, 6) is 2.96. The molecule has 0 radical (unpaired) electrons. The Morgan fingerprint density at radius 3 is 2.44 bits per heavy atom. The van der Waals surface area contributed by atoms with Crippen LogP contribution in [0.1, 0.15) is 78.6 Å². The molecule has 6 heteroatoms. The van der Waals surface area contributed by atoms with Gasteiger partial charge in [0.05, 0.1) is 0 Å². The van der Waals surface area contributed by atoms with Gasteiger partial charge in [-0.15, -0.1) is 0 Å². The Morgan fingerprint density at radius 2 is 1.78 bits per heavy atom. The van der Waals surface area contributed by atoms with Crippen LogP contribution in [0, 0.1) is 40.4 Å². The number of carbonyl (C=O) groups excluding carboxylic acids is 1. The molecule has 154 valence electrons. The second-order valence-electron chi connectivity index (χ2n) is 10.3. The quantitative estimate of drug-likeness (QED) is 0.712. The molecule has 1 N–H and O–H groups in total. The molecule has 8 atom stereocenters. The van der Waals surface area contributed by atoms with Crippen molar-refractivity contribution < 1.29 is 21.9 Å². The van der Waals surface area contributed by atoms with Gasteiger partial charge in [-0.2, -0.15) is 8.42 Å². The summed E-state index contributed by atoms with van der Waals surface area (Å²) in [7, 11) is -4.61. The number of rotatable bonds is 3. The van der Waals surface area contributed by atoms with Gasteiger partial charge in [-0.1, -0.05) is 27.2 Å². The first-order valence-corrected chi connectivity index (χ1v) is 12.1. The van der Waals surface area contributed by atoms with E-state index in [0.717, 1.165) is 18.3 Å². The second kappa shape index (κ2) is 6.53. The molecule has 4 aliphatic rings. The summed E-state index contributed by atoms with van der Waals surface area (Å²) in [6.45, 7) is 7.10. The Hall–Kier alpha value is -0.460. The molecule has 27 heavy (non-hydrogen) atoms. The Labute approximate surface area is 163 Å². The molecule has 1 unspecified atom stereocenters. The average molecular weight is 399 g/mol. The van der Waals surface area contributed by atoms with E-state index >= 15 is 0 Å². The number of hydrogen-bond donors (Lipinski definition) is 1. The van der Waals surface area contributed by atoms with Gasteiger partial charge in [0, 0.05) is 6.42 Å². The summed E-state index contributed by atoms with van der Waals surface area (Å²) in [6.07, 6.45) is 8.42. The van der Waals surface area contributed by atoms with Crippen LogP contribution in [0.25, 0.3) is 0 Å². The fourth-order valence-electron chi connectivity index (χ4n) is 8.09. The van der Waals surface area contributed by atoms with E-state index in [0.29, 0.717) is 36.0 Å². The zero-order valence-corrected chi connectivity index (χ0v) is 17.6. The van der Waals surface area contributed by atoms with E-state index in [9.17, 15) is 13.2 Å². The smallest absolute Gasteiger partial charge is 0.297 e. The lowest BCUT2D eigenvalue weighted by Crippen LogP contribution is -2.56. The SMILES string of the molecule is CC[C@H]1CC[C@H]2[C@@H]3CC[C@@H]4CC(=O)C(OS(=O)(=O)O)C[C@]4(C)[C@H]3CC[C@]12C. The maximum atomic E-state index is 12.4. The first-order chi connectivity index (χ1) is 12.6. The van der Waals surface area contributed by atoms with Crippen LogP contribution in [0.2, 0.25) is 0 Å². The third-order valence-corrected chi connectivity index (χ3v) is 9.90. The summed E-state index contributed by atoms with van der Waals surface area (Å²) < 4.78 is 36.4. The summed E-state index contributed by atoms with van der Waals surface area (Å²) in [5, 5.41) is 0. The van der Waals surface area contributed by atoms with Crippen LogP contribution in [0.3, 0.4) is 0 Å². The molecule has 0 aliphatic heterocycles. The molecule has 0 aromatic rings. The minimum Gasteiger partial charge on any atom is -0.297 e. The fourth-order valence-corrected chi connectivity index (χ4v) is 8.56. The first-order valence-electron chi connectivity index (χ1n) is 10.8. The normalized spacial score (nSPS) is 50.0. The number of fused-ring (bicyclic) bond motifs is 5. The van der Waals surface area contributed by atoms with E-state index in [1.165, 1.54) is 38.5 Å². The van der Waals surface area contributed by atoms with Crippen LogP contribution in [0.15, 0.2) is 0 Å². The van der Waals surface area contributed by atoms with Gasteiger partial charge in [-0.05, 0) is 85.4 Å². The number of hydrogen-bond acceptors (Lipinski definition) is 4. The first kappa shape index (κ1) is 19.8. The van der Waals surface area contributed by atoms with Crippen LogP contribution < -0.4 is 0 Å². The fraction of sp³-hybridized carbons (Fsp3) is 0.952. The molecule has 4 aliphatic carbocycles. The molecule has 4 fully saturated rings. The highest BCUT2D eigenvalue weighted by atomic mass is 32.3. The molecule has 4 saturated carbocycles. The number of Topliss-reactive ketones (excluding diaryl/α,β-unsaturated/α-hetero) is 1. The second-order valence-corrected chi connectivity index (χ2v) is 11.3. The van der Waals surface area contributed by atoms with Crippen LogP contribution in [0.4, 0.5) is 0 Å². The van der Waals surface area contributed by atoms with E-state index in [4.69, 9.17) is 8.74 Å². The van der Waals surface area contributed by atoms with Crippen molar-refractivity contribution in [3.8, 4) is 0 Å². The molecule has 0 heterocycles. The lowest BCUT2D eigenvalue weighted by Gasteiger charge is -2.60. The van der Waals surface area contributed by atoms with Crippen LogP contribution >= 0.6 is 0 Å². The molecule has 0 saturated heterocycles.